The van der Waals surface area contributed by atoms with E-state index in [0.29, 0.717) is 6.07 Å². The Labute approximate surface area is 136 Å². The van der Waals surface area contributed by atoms with Gasteiger partial charge < -0.3 is 9.31 Å². The molecule has 0 bridgehead atoms. The van der Waals surface area contributed by atoms with E-state index in [9.17, 15) is 17.6 Å². The molecule has 0 unspecified atom stereocenters. The van der Waals surface area contributed by atoms with Crippen LogP contribution in [0.4, 0.5) is 17.6 Å². The smallest absolute Gasteiger partial charge is 0.399 e. The summed E-state index contributed by atoms with van der Waals surface area (Å²) in [7, 11) is 4.28. The van der Waals surface area contributed by atoms with E-state index >= 15 is 0 Å². The van der Waals surface area contributed by atoms with E-state index in [2.05, 4.69) is 0 Å². The molecular formula is C15H20B2F4O2. The molecule has 2 nitrogen and oxygen atoms in total. The highest BCUT2D eigenvalue weighted by Crippen LogP contribution is 2.37. The van der Waals surface area contributed by atoms with Crippen LogP contribution in [0.2, 0.25) is 0 Å². The summed E-state index contributed by atoms with van der Waals surface area (Å²) in [4.78, 5) is 0. The Morgan fingerprint density at radius 2 is 1.43 bits per heavy atom. The molecule has 1 aliphatic heterocycles. The third-order valence-electron chi connectivity index (χ3n) is 3.98. The van der Waals surface area contributed by atoms with Crippen molar-refractivity contribution >= 4 is 25.9 Å². The highest BCUT2D eigenvalue weighted by Gasteiger charge is 2.52. The molecule has 2 radical (unpaired) electrons. The molecule has 1 aromatic rings. The fourth-order valence-corrected chi connectivity index (χ4v) is 2.00. The summed E-state index contributed by atoms with van der Waals surface area (Å²) in [5.74, 6) is -1.06. The average Bonchev–Trinajstić information content (AvgIpc) is 2.61. The molecule has 1 saturated heterocycles. The van der Waals surface area contributed by atoms with Crippen molar-refractivity contribution in [3.05, 3.63) is 23.5 Å². The van der Waals surface area contributed by atoms with Crippen LogP contribution in [0, 0.1) is 5.82 Å². The van der Waals surface area contributed by atoms with Crippen LogP contribution in [-0.4, -0.2) is 26.2 Å². The summed E-state index contributed by atoms with van der Waals surface area (Å²) in [6.45, 7) is 11.0. The molecule has 2 rings (SSSR count). The topological polar surface area (TPSA) is 18.5 Å². The first-order chi connectivity index (χ1) is 10.3. The third kappa shape index (κ3) is 3.91. The van der Waals surface area contributed by atoms with Crippen molar-refractivity contribution in [2.75, 3.05) is 0 Å². The summed E-state index contributed by atoms with van der Waals surface area (Å²) in [5.41, 5.74) is -3.35. The van der Waals surface area contributed by atoms with Crippen LogP contribution in [-0.2, 0) is 15.5 Å². The van der Waals surface area contributed by atoms with Crippen LogP contribution in [0.25, 0.3) is 0 Å². The molecule has 0 aliphatic carbocycles. The Kier molecular flexibility index (Phi) is 5.64. The van der Waals surface area contributed by atoms with Crippen molar-refractivity contribution in [2.24, 2.45) is 0 Å². The molecular weight excluding hydrogens is 310 g/mol. The van der Waals surface area contributed by atoms with Crippen molar-refractivity contribution in [1.29, 1.82) is 0 Å². The molecule has 0 amide bonds. The Bertz CT molecular complexity index is 555. The number of benzene rings is 1. The minimum atomic E-state index is -4.71. The minimum absolute atomic E-state index is 0.140. The lowest BCUT2D eigenvalue weighted by Crippen LogP contribution is -2.41. The molecule has 126 valence electrons. The SMILES string of the molecule is CC.[B]c1cc(B2OC(C)(C)C(C)(C)O2)c(F)cc1C(F)(F)F. The molecule has 0 aromatic heterocycles. The van der Waals surface area contributed by atoms with Crippen LogP contribution < -0.4 is 10.9 Å². The Balaban J connectivity index is 0.00000127. The van der Waals surface area contributed by atoms with Gasteiger partial charge in [-0.25, -0.2) is 4.39 Å². The lowest BCUT2D eigenvalue weighted by atomic mass is 9.74. The molecule has 1 aromatic carbocycles. The third-order valence-corrected chi connectivity index (χ3v) is 3.98. The first-order valence-electron chi connectivity index (χ1n) is 7.37. The zero-order valence-corrected chi connectivity index (χ0v) is 14.1. The fourth-order valence-electron chi connectivity index (χ4n) is 2.00. The summed E-state index contributed by atoms with van der Waals surface area (Å²) >= 11 is 0. The molecule has 23 heavy (non-hydrogen) atoms. The van der Waals surface area contributed by atoms with E-state index < -0.39 is 41.3 Å². The maximum Gasteiger partial charge on any atom is 0.497 e. The van der Waals surface area contributed by atoms with Crippen LogP contribution in [0.5, 0.6) is 0 Å². The lowest BCUT2D eigenvalue weighted by Gasteiger charge is -2.32. The molecule has 8 heteroatoms. The van der Waals surface area contributed by atoms with Gasteiger partial charge in [-0.1, -0.05) is 25.4 Å². The number of hydrogen-bond donors (Lipinski definition) is 0. The van der Waals surface area contributed by atoms with Gasteiger partial charge in [0.25, 0.3) is 0 Å². The second kappa shape index (κ2) is 6.48. The van der Waals surface area contributed by atoms with E-state index in [1.807, 2.05) is 13.8 Å². The van der Waals surface area contributed by atoms with Crippen LogP contribution in [0.3, 0.4) is 0 Å². The molecule has 0 N–H and O–H groups in total. The Morgan fingerprint density at radius 1 is 1.00 bits per heavy atom. The maximum absolute atomic E-state index is 14.0. The van der Waals surface area contributed by atoms with Gasteiger partial charge in [0.15, 0.2) is 0 Å². The summed E-state index contributed by atoms with van der Waals surface area (Å²) in [6.07, 6.45) is -4.71. The van der Waals surface area contributed by atoms with Crippen LogP contribution in [0.15, 0.2) is 12.1 Å². The summed E-state index contributed by atoms with van der Waals surface area (Å²) < 4.78 is 63.2. The van der Waals surface area contributed by atoms with Gasteiger partial charge in [-0.3, -0.25) is 0 Å². The summed E-state index contributed by atoms with van der Waals surface area (Å²) in [5, 5.41) is 0. The lowest BCUT2D eigenvalue weighted by molar-refractivity contribution is -0.136. The first-order valence-corrected chi connectivity index (χ1v) is 7.37. The molecule has 0 atom stereocenters. The number of alkyl halides is 3. The predicted octanol–water partition coefficient (Wildman–Crippen LogP) is 2.96. The van der Waals surface area contributed by atoms with E-state index in [-0.39, 0.29) is 5.46 Å². The van der Waals surface area contributed by atoms with E-state index in [1.165, 1.54) is 0 Å². The van der Waals surface area contributed by atoms with Gasteiger partial charge in [0.2, 0.25) is 0 Å². The monoisotopic (exact) mass is 330 g/mol. The largest absolute Gasteiger partial charge is 0.497 e. The second-order valence-corrected chi connectivity index (χ2v) is 6.05. The van der Waals surface area contributed by atoms with Gasteiger partial charge >= 0.3 is 13.3 Å². The maximum atomic E-state index is 14.0. The van der Waals surface area contributed by atoms with Crippen molar-refractivity contribution < 1.29 is 26.9 Å². The quantitative estimate of drug-likeness (QED) is 0.582. The van der Waals surface area contributed by atoms with Gasteiger partial charge in [-0.05, 0) is 33.8 Å². The second-order valence-electron chi connectivity index (χ2n) is 6.05. The number of hydrogen-bond acceptors (Lipinski definition) is 2. The van der Waals surface area contributed by atoms with Gasteiger partial charge in [-0.2, -0.15) is 13.2 Å². The van der Waals surface area contributed by atoms with Gasteiger partial charge in [0.1, 0.15) is 13.7 Å². The Hall–Kier alpha value is -1.01. The van der Waals surface area contributed by atoms with Crippen molar-refractivity contribution in [3.63, 3.8) is 0 Å². The zero-order chi connectivity index (χ0) is 18.2. The number of rotatable bonds is 1. The van der Waals surface area contributed by atoms with Gasteiger partial charge in [-0.15, -0.1) is 0 Å². The normalized spacial score (nSPS) is 19.3. The average molecular weight is 330 g/mol. The molecule has 0 spiro atoms. The van der Waals surface area contributed by atoms with Crippen LogP contribution >= 0.6 is 0 Å². The predicted molar refractivity (Wildman–Crippen MR) is 83.9 cm³/mol. The van der Waals surface area contributed by atoms with Crippen molar-refractivity contribution in [1.82, 2.24) is 0 Å². The molecule has 1 aliphatic rings. The van der Waals surface area contributed by atoms with Gasteiger partial charge in [0, 0.05) is 5.46 Å². The molecule has 1 heterocycles. The minimum Gasteiger partial charge on any atom is -0.399 e. The highest BCUT2D eigenvalue weighted by molar-refractivity contribution is 6.62. The van der Waals surface area contributed by atoms with Crippen molar-refractivity contribution in [3.8, 4) is 0 Å². The molecule has 1 fully saturated rings. The van der Waals surface area contributed by atoms with Gasteiger partial charge in [0.05, 0.1) is 16.8 Å². The van der Waals surface area contributed by atoms with E-state index in [1.54, 1.807) is 27.7 Å². The first kappa shape index (κ1) is 20.0. The van der Waals surface area contributed by atoms with Crippen LogP contribution in [0.1, 0.15) is 47.1 Å². The zero-order valence-electron chi connectivity index (χ0n) is 14.1. The fraction of sp³-hybridized carbons (Fsp3) is 0.600. The van der Waals surface area contributed by atoms with Crippen molar-refractivity contribution in [2.45, 2.75) is 58.9 Å². The molecule has 0 saturated carbocycles. The Morgan fingerprint density at radius 3 is 1.83 bits per heavy atom. The van der Waals surface area contributed by atoms with E-state index in [0.717, 1.165) is 6.07 Å². The number of halogens is 4. The standard InChI is InChI=1S/C13H14B2F4O2.C2H6/c1-11(2)12(3,4)21-15(20-11)9-6-8(14)7(5-10(9)16)13(17,18)19;1-2/h5-6H,1-4H3;1-2H3. The van der Waals surface area contributed by atoms with E-state index in [4.69, 9.17) is 17.2 Å². The highest BCUT2D eigenvalue weighted by atomic mass is 19.4. The summed E-state index contributed by atoms with van der Waals surface area (Å²) in [6, 6.07) is 1.29.